The summed E-state index contributed by atoms with van der Waals surface area (Å²) in [5.41, 5.74) is 1.93. The van der Waals surface area contributed by atoms with E-state index in [-0.39, 0.29) is 5.41 Å². The lowest BCUT2D eigenvalue weighted by molar-refractivity contribution is 0.109. The second kappa shape index (κ2) is 9.39. The Hall–Kier alpha value is -1.11. The van der Waals surface area contributed by atoms with Crippen molar-refractivity contribution in [3.63, 3.8) is 0 Å². The van der Waals surface area contributed by atoms with E-state index in [1.54, 1.807) is 0 Å². The first-order chi connectivity index (χ1) is 12.7. The number of unbranched alkanes of at least 4 members (excludes halogenated alkanes) is 3. The zero-order valence-corrected chi connectivity index (χ0v) is 18.5. The van der Waals surface area contributed by atoms with Crippen LogP contribution in [0.1, 0.15) is 58.4 Å². The van der Waals surface area contributed by atoms with E-state index >= 15 is 0 Å². The van der Waals surface area contributed by atoms with Crippen LogP contribution >= 0.6 is 0 Å². The lowest BCUT2D eigenvalue weighted by atomic mass is 9.68. The van der Waals surface area contributed by atoms with E-state index in [9.17, 15) is 8.42 Å². The molecule has 0 bridgehead atoms. The number of anilines is 1. The minimum atomic E-state index is -3.48. The third-order valence-electron chi connectivity index (χ3n) is 6.14. The summed E-state index contributed by atoms with van der Waals surface area (Å²) in [6.07, 6.45) is 6.33. The predicted molar refractivity (Wildman–Crippen MR) is 114 cm³/mol. The normalized spacial score (nSPS) is 24.3. The van der Waals surface area contributed by atoms with Crippen LogP contribution < -0.4 is 4.72 Å². The van der Waals surface area contributed by atoms with Crippen LogP contribution in [-0.2, 0) is 15.6 Å². The molecule has 1 saturated heterocycles. The summed E-state index contributed by atoms with van der Waals surface area (Å²) >= 11 is 0. The van der Waals surface area contributed by atoms with Crippen molar-refractivity contribution in [2.45, 2.75) is 58.3 Å². The number of benzene rings is 1. The van der Waals surface area contributed by atoms with Crippen molar-refractivity contribution in [2.24, 2.45) is 5.92 Å². The van der Waals surface area contributed by atoms with Gasteiger partial charge in [-0.15, -0.1) is 0 Å². The van der Waals surface area contributed by atoms with Crippen molar-refractivity contribution < 1.29 is 8.42 Å². The molecule has 6 heteroatoms. The topological polar surface area (TPSA) is 52.7 Å². The lowest BCUT2D eigenvalue weighted by Gasteiger charge is -2.45. The van der Waals surface area contributed by atoms with Crippen LogP contribution in [0.3, 0.4) is 0 Å². The SMILES string of the molecule is CCCCCCN1CCC(C)(c2cccc(NS(=O)(=O)N(C)C)c2)C(C)C1. The molecule has 1 aromatic rings. The minimum absolute atomic E-state index is 0.0689. The smallest absolute Gasteiger partial charge is 0.301 e. The van der Waals surface area contributed by atoms with Crippen LogP contribution in [0.4, 0.5) is 5.69 Å². The zero-order chi connectivity index (χ0) is 20.1. The third-order valence-corrected chi connectivity index (χ3v) is 7.60. The largest absolute Gasteiger partial charge is 0.303 e. The van der Waals surface area contributed by atoms with E-state index < -0.39 is 10.2 Å². The average molecular weight is 396 g/mol. The van der Waals surface area contributed by atoms with Gasteiger partial charge in [0.15, 0.2) is 0 Å². The Balaban J connectivity index is 2.06. The molecular formula is C21H37N3O2S. The molecule has 2 atom stereocenters. The Bertz CT molecular complexity index is 705. The van der Waals surface area contributed by atoms with E-state index in [2.05, 4.69) is 36.5 Å². The number of piperidine rings is 1. The van der Waals surface area contributed by atoms with E-state index in [0.717, 1.165) is 19.5 Å². The molecule has 1 N–H and O–H groups in total. The Kier molecular flexibility index (Phi) is 7.72. The Morgan fingerprint density at radius 3 is 2.63 bits per heavy atom. The fourth-order valence-corrected chi connectivity index (χ4v) is 4.50. The Labute approximate surface area is 166 Å². The van der Waals surface area contributed by atoms with Gasteiger partial charge in [-0.25, -0.2) is 0 Å². The summed E-state index contributed by atoms with van der Waals surface area (Å²) < 4.78 is 28.1. The van der Waals surface area contributed by atoms with Gasteiger partial charge in [0, 0.05) is 20.6 Å². The van der Waals surface area contributed by atoms with Crippen LogP contribution in [0.2, 0.25) is 0 Å². The molecule has 0 aliphatic carbocycles. The van der Waals surface area contributed by atoms with Crippen LogP contribution in [0.25, 0.3) is 0 Å². The highest BCUT2D eigenvalue weighted by Crippen LogP contribution is 2.40. The van der Waals surface area contributed by atoms with Gasteiger partial charge in [0.1, 0.15) is 0 Å². The standard InChI is InChI=1S/C21H37N3O2S/c1-6-7-8-9-14-24-15-13-21(3,18(2)17-24)19-11-10-12-20(16-19)22-27(25,26)23(4)5/h10-12,16,18,22H,6-9,13-15,17H2,1-5H3. The second-order valence-corrected chi connectivity index (χ2v) is 10.3. The number of hydrogen-bond donors (Lipinski definition) is 1. The average Bonchev–Trinajstić information content (AvgIpc) is 2.61. The first kappa shape index (κ1) is 22.2. The highest BCUT2D eigenvalue weighted by atomic mass is 32.2. The van der Waals surface area contributed by atoms with Gasteiger partial charge in [0.05, 0.1) is 5.69 Å². The molecule has 2 unspecified atom stereocenters. The first-order valence-corrected chi connectivity index (χ1v) is 11.7. The maximum absolute atomic E-state index is 12.1. The summed E-state index contributed by atoms with van der Waals surface area (Å²) in [5.74, 6) is 0.526. The number of likely N-dealkylation sites (tertiary alicyclic amines) is 1. The van der Waals surface area contributed by atoms with Crippen LogP contribution in [-0.4, -0.2) is 51.4 Å². The zero-order valence-electron chi connectivity index (χ0n) is 17.7. The quantitative estimate of drug-likeness (QED) is 0.641. The van der Waals surface area contributed by atoms with Crippen molar-refractivity contribution in [3.05, 3.63) is 29.8 Å². The molecule has 1 fully saturated rings. The highest BCUT2D eigenvalue weighted by Gasteiger charge is 2.37. The van der Waals surface area contributed by atoms with Gasteiger partial charge in [0.2, 0.25) is 0 Å². The summed E-state index contributed by atoms with van der Waals surface area (Å²) in [7, 11) is -0.414. The first-order valence-electron chi connectivity index (χ1n) is 10.2. The van der Waals surface area contributed by atoms with Gasteiger partial charge < -0.3 is 4.90 Å². The van der Waals surface area contributed by atoms with E-state index in [4.69, 9.17) is 0 Å². The molecule has 1 heterocycles. The van der Waals surface area contributed by atoms with Crippen molar-refractivity contribution in [1.29, 1.82) is 0 Å². The molecule has 1 aliphatic heterocycles. The number of nitrogens with zero attached hydrogens (tertiary/aromatic N) is 2. The lowest BCUT2D eigenvalue weighted by Crippen LogP contribution is -2.47. The molecule has 154 valence electrons. The van der Waals surface area contributed by atoms with Crippen LogP contribution in [0, 0.1) is 5.92 Å². The molecule has 5 nitrogen and oxygen atoms in total. The number of rotatable bonds is 9. The van der Waals surface area contributed by atoms with Crippen molar-refractivity contribution in [2.75, 3.05) is 38.5 Å². The highest BCUT2D eigenvalue weighted by molar-refractivity contribution is 7.90. The van der Waals surface area contributed by atoms with Gasteiger partial charge in [-0.1, -0.05) is 52.2 Å². The maximum Gasteiger partial charge on any atom is 0.301 e. The van der Waals surface area contributed by atoms with E-state index in [0.29, 0.717) is 11.6 Å². The maximum atomic E-state index is 12.1. The molecule has 1 aliphatic rings. The van der Waals surface area contributed by atoms with Crippen molar-refractivity contribution in [1.82, 2.24) is 9.21 Å². The number of nitrogens with one attached hydrogen (secondary N) is 1. The van der Waals surface area contributed by atoms with E-state index in [1.165, 1.54) is 56.2 Å². The molecule has 0 amide bonds. The fraction of sp³-hybridized carbons (Fsp3) is 0.714. The predicted octanol–water partition coefficient (Wildman–Crippen LogP) is 4.08. The summed E-state index contributed by atoms with van der Waals surface area (Å²) in [4.78, 5) is 2.60. The van der Waals surface area contributed by atoms with Gasteiger partial charge in [-0.2, -0.15) is 12.7 Å². The van der Waals surface area contributed by atoms with Crippen LogP contribution in [0.5, 0.6) is 0 Å². The van der Waals surface area contributed by atoms with E-state index in [1.807, 2.05) is 18.2 Å². The second-order valence-electron chi connectivity index (χ2n) is 8.40. The fourth-order valence-electron chi connectivity index (χ4n) is 3.89. The summed E-state index contributed by atoms with van der Waals surface area (Å²) in [5, 5.41) is 0. The van der Waals surface area contributed by atoms with Crippen molar-refractivity contribution >= 4 is 15.9 Å². The Morgan fingerprint density at radius 1 is 1.26 bits per heavy atom. The van der Waals surface area contributed by atoms with Crippen LogP contribution in [0.15, 0.2) is 24.3 Å². The summed E-state index contributed by atoms with van der Waals surface area (Å²) in [6, 6.07) is 7.93. The minimum Gasteiger partial charge on any atom is -0.303 e. The molecule has 27 heavy (non-hydrogen) atoms. The molecule has 0 radical (unpaired) electrons. The molecule has 1 aromatic carbocycles. The molecule has 0 saturated carbocycles. The molecular weight excluding hydrogens is 358 g/mol. The Morgan fingerprint density at radius 2 is 2.00 bits per heavy atom. The molecule has 2 rings (SSSR count). The van der Waals surface area contributed by atoms with Gasteiger partial charge >= 0.3 is 10.2 Å². The number of hydrogen-bond acceptors (Lipinski definition) is 3. The molecule has 0 spiro atoms. The monoisotopic (exact) mass is 395 g/mol. The van der Waals surface area contributed by atoms with Gasteiger partial charge in [0.25, 0.3) is 0 Å². The van der Waals surface area contributed by atoms with Gasteiger partial charge in [-0.05, 0) is 55.0 Å². The summed E-state index contributed by atoms with van der Waals surface area (Å²) in [6.45, 7) is 10.3. The van der Waals surface area contributed by atoms with Gasteiger partial charge in [-0.3, -0.25) is 4.72 Å². The van der Waals surface area contributed by atoms with Crippen molar-refractivity contribution in [3.8, 4) is 0 Å². The molecule has 0 aromatic heterocycles. The third kappa shape index (κ3) is 5.69.